The van der Waals surface area contributed by atoms with Crippen LogP contribution >= 0.6 is 0 Å². The summed E-state index contributed by atoms with van der Waals surface area (Å²) in [5.74, 6) is 0.771. The molecule has 1 atom stereocenters. The average molecular weight is 274 g/mol. The molecular weight excluding hydrogens is 260 g/mol. The molecule has 0 radical (unpaired) electrons. The summed E-state index contributed by atoms with van der Waals surface area (Å²) in [5, 5.41) is 3.27. The molecule has 0 saturated carbocycles. The number of rotatable bonds is 2. The van der Waals surface area contributed by atoms with Crippen LogP contribution in [-0.4, -0.2) is 4.98 Å². The average Bonchev–Trinajstić information content (AvgIpc) is 2.97. The van der Waals surface area contributed by atoms with Gasteiger partial charge in [-0.25, -0.2) is 0 Å². The molecule has 4 rings (SSSR count). The van der Waals surface area contributed by atoms with Crippen LogP contribution in [0, 0.1) is 0 Å². The van der Waals surface area contributed by atoms with Crippen LogP contribution in [-0.2, 0) is 0 Å². The van der Waals surface area contributed by atoms with E-state index < -0.39 is 0 Å². The van der Waals surface area contributed by atoms with E-state index in [0.29, 0.717) is 0 Å². The van der Waals surface area contributed by atoms with Gasteiger partial charge in [-0.1, -0.05) is 36.4 Å². The monoisotopic (exact) mass is 274 g/mol. The molecule has 0 saturated heterocycles. The summed E-state index contributed by atoms with van der Waals surface area (Å²) in [5.41, 5.74) is 8.31. The van der Waals surface area contributed by atoms with E-state index in [-0.39, 0.29) is 6.04 Å². The van der Waals surface area contributed by atoms with Crippen LogP contribution in [0.5, 0.6) is 0 Å². The summed E-state index contributed by atoms with van der Waals surface area (Å²) in [7, 11) is 0. The second-order valence-corrected chi connectivity index (χ2v) is 5.11. The minimum Gasteiger partial charge on any atom is -0.459 e. The fourth-order valence-corrected chi connectivity index (χ4v) is 2.72. The number of hydrogen-bond acceptors (Lipinski definition) is 3. The number of para-hydroxylation sites is 1. The minimum absolute atomic E-state index is 0.301. The van der Waals surface area contributed by atoms with Crippen LogP contribution in [0.1, 0.15) is 17.4 Å². The maximum Gasteiger partial charge on any atom is 0.134 e. The van der Waals surface area contributed by atoms with E-state index in [1.165, 1.54) is 0 Å². The van der Waals surface area contributed by atoms with E-state index in [1.54, 1.807) is 6.20 Å². The predicted octanol–water partition coefficient (Wildman–Crippen LogP) is 4.03. The number of nitrogens with two attached hydrogens (primary N) is 1. The standard InChI is InChI=1S/C18H14N2O/c19-18(17-10-13-4-1-2-7-16(13)21-17)14-6-3-5-12-8-9-20-11-15(12)14/h1-11,18H,19H2. The summed E-state index contributed by atoms with van der Waals surface area (Å²) < 4.78 is 5.89. The molecule has 2 aromatic carbocycles. The van der Waals surface area contributed by atoms with Gasteiger partial charge in [0.1, 0.15) is 11.3 Å². The van der Waals surface area contributed by atoms with Crippen molar-refractivity contribution in [2.45, 2.75) is 6.04 Å². The first-order chi connectivity index (χ1) is 10.3. The molecule has 3 nitrogen and oxygen atoms in total. The summed E-state index contributed by atoms with van der Waals surface area (Å²) >= 11 is 0. The zero-order chi connectivity index (χ0) is 14.2. The molecule has 2 N–H and O–H groups in total. The molecule has 2 aromatic heterocycles. The molecule has 0 aliphatic rings. The Balaban J connectivity index is 1.87. The zero-order valence-electron chi connectivity index (χ0n) is 11.4. The van der Waals surface area contributed by atoms with Crippen LogP contribution in [0.15, 0.2) is 71.4 Å². The molecule has 4 aromatic rings. The summed E-state index contributed by atoms with van der Waals surface area (Å²) in [6.45, 7) is 0. The van der Waals surface area contributed by atoms with Crippen molar-refractivity contribution in [2.75, 3.05) is 0 Å². The van der Waals surface area contributed by atoms with Crippen LogP contribution in [0.2, 0.25) is 0 Å². The number of benzene rings is 2. The lowest BCUT2D eigenvalue weighted by Crippen LogP contribution is -2.11. The van der Waals surface area contributed by atoms with Crippen LogP contribution < -0.4 is 5.73 Å². The lowest BCUT2D eigenvalue weighted by Gasteiger charge is -2.12. The molecule has 3 heteroatoms. The normalized spacial score (nSPS) is 12.8. The number of nitrogens with zero attached hydrogens (tertiary/aromatic N) is 1. The molecule has 2 heterocycles. The molecule has 0 aliphatic carbocycles. The van der Waals surface area contributed by atoms with E-state index in [4.69, 9.17) is 10.2 Å². The Morgan fingerprint density at radius 2 is 1.81 bits per heavy atom. The molecule has 0 aliphatic heterocycles. The number of hydrogen-bond donors (Lipinski definition) is 1. The number of fused-ring (bicyclic) bond motifs is 2. The molecule has 1 unspecified atom stereocenters. The second kappa shape index (κ2) is 4.72. The highest BCUT2D eigenvalue weighted by Gasteiger charge is 2.16. The van der Waals surface area contributed by atoms with Gasteiger partial charge >= 0.3 is 0 Å². The van der Waals surface area contributed by atoms with Crippen molar-refractivity contribution in [1.82, 2.24) is 4.98 Å². The van der Waals surface area contributed by atoms with Crippen molar-refractivity contribution in [3.05, 3.63) is 78.3 Å². The van der Waals surface area contributed by atoms with Gasteiger partial charge in [-0.2, -0.15) is 0 Å². The summed E-state index contributed by atoms with van der Waals surface area (Å²) in [6, 6.07) is 17.7. The van der Waals surface area contributed by atoms with Gasteiger partial charge in [0.15, 0.2) is 0 Å². The Hall–Kier alpha value is -2.65. The molecule has 102 valence electrons. The third-order valence-electron chi connectivity index (χ3n) is 3.80. The number of furan rings is 1. The van der Waals surface area contributed by atoms with E-state index in [2.05, 4.69) is 11.1 Å². The predicted molar refractivity (Wildman–Crippen MR) is 84.0 cm³/mol. The van der Waals surface area contributed by atoms with Gasteiger partial charge in [0.25, 0.3) is 0 Å². The molecular formula is C18H14N2O. The van der Waals surface area contributed by atoms with E-state index >= 15 is 0 Å². The molecule has 21 heavy (non-hydrogen) atoms. The van der Waals surface area contributed by atoms with E-state index in [0.717, 1.165) is 33.1 Å². The Kier molecular flexibility index (Phi) is 2.72. The van der Waals surface area contributed by atoms with Crippen molar-refractivity contribution >= 4 is 21.7 Å². The Bertz CT molecular complexity index is 888. The van der Waals surface area contributed by atoms with Gasteiger partial charge in [-0.15, -0.1) is 0 Å². The van der Waals surface area contributed by atoms with Gasteiger partial charge < -0.3 is 10.2 Å². The fourth-order valence-electron chi connectivity index (χ4n) is 2.72. The number of aromatic nitrogens is 1. The minimum atomic E-state index is -0.301. The Morgan fingerprint density at radius 1 is 0.952 bits per heavy atom. The SMILES string of the molecule is NC(c1cc2ccccc2o1)c1cccc2ccncc12. The van der Waals surface area contributed by atoms with Crippen molar-refractivity contribution in [2.24, 2.45) is 5.73 Å². The quantitative estimate of drug-likeness (QED) is 0.600. The van der Waals surface area contributed by atoms with Crippen LogP contribution in [0.25, 0.3) is 21.7 Å². The fraction of sp³-hybridized carbons (Fsp3) is 0.0556. The maximum atomic E-state index is 6.42. The summed E-state index contributed by atoms with van der Waals surface area (Å²) in [4.78, 5) is 4.21. The van der Waals surface area contributed by atoms with Crippen molar-refractivity contribution in [3.8, 4) is 0 Å². The maximum absolute atomic E-state index is 6.42. The van der Waals surface area contributed by atoms with E-state index in [1.807, 2.05) is 54.7 Å². The highest BCUT2D eigenvalue weighted by molar-refractivity contribution is 5.86. The van der Waals surface area contributed by atoms with E-state index in [9.17, 15) is 0 Å². The van der Waals surface area contributed by atoms with Crippen molar-refractivity contribution in [1.29, 1.82) is 0 Å². The van der Waals surface area contributed by atoms with Gasteiger partial charge in [0, 0.05) is 23.2 Å². The lowest BCUT2D eigenvalue weighted by molar-refractivity contribution is 0.526. The molecule has 0 amide bonds. The molecule has 0 spiro atoms. The smallest absolute Gasteiger partial charge is 0.134 e. The third kappa shape index (κ3) is 1.99. The zero-order valence-corrected chi connectivity index (χ0v) is 11.4. The molecule has 0 fully saturated rings. The largest absolute Gasteiger partial charge is 0.459 e. The topological polar surface area (TPSA) is 52.0 Å². The van der Waals surface area contributed by atoms with Crippen LogP contribution in [0.4, 0.5) is 0 Å². The first kappa shape index (κ1) is 12.1. The first-order valence-corrected chi connectivity index (χ1v) is 6.89. The van der Waals surface area contributed by atoms with Gasteiger partial charge in [0.05, 0.1) is 6.04 Å². The highest BCUT2D eigenvalue weighted by atomic mass is 16.3. The highest BCUT2D eigenvalue weighted by Crippen LogP contribution is 2.30. The van der Waals surface area contributed by atoms with Gasteiger partial charge in [-0.3, -0.25) is 4.98 Å². The number of pyridine rings is 1. The summed E-state index contributed by atoms with van der Waals surface area (Å²) in [6.07, 6.45) is 3.64. The third-order valence-corrected chi connectivity index (χ3v) is 3.80. The van der Waals surface area contributed by atoms with Gasteiger partial charge in [-0.05, 0) is 29.1 Å². The Labute approximate surface area is 122 Å². The van der Waals surface area contributed by atoms with Crippen LogP contribution in [0.3, 0.4) is 0 Å². The van der Waals surface area contributed by atoms with Crippen molar-refractivity contribution in [3.63, 3.8) is 0 Å². The van der Waals surface area contributed by atoms with Crippen molar-refractivity contribution < 1.29 is 4.42 Å². The van der Waals surface area contributed by atoms with Gasteiger partial charge in [0.2, 0.25) is 0 Å². The molecule has 0 bridgehead atoms. The lowest BCUT2D eigenvalue weighted by atomic mass is 9.99. The Morgan fingerprint density at radius 3 is 2.71 bits per heavy atom. The first-order valence-electron chi connectivity index (χ1n) is 6.89. The second-order valence-electron chi connectivity index (χ2n) is 5.11.